The lowest BCUT2D eigenvalue weighted by molar-refractivity contribution is -0.480. The van der Waals surface area contributed by atoms with E-state index in [1.165, 1.54) is 6.92 Å². The molecule has 0 bridgehead atoms. The Hall–Kier alpha value is -0.930. The van der Waals surface area contributed by atoms with Crippen molar-refractivity contribution in [2.24, 2.45) is 0 Å². The summed E-state index contributed by atoms with van der Waals surface area (Å²) in [5.41, 5.74) is 0. The normalized spacial score (nSPS) is 9.55. The summed E-state index contributed by atoms with van der Waals surface area (Å²) in [5, 5.41) is 9.83. The highest BCUT2D eigenvalue weighted by Gasteiger charge is 1.97. The highest BCUT2D eigenvalue weighted by Crippen LogP contribution is 1.99. The highest BCUT2D eigenvalue weighted by atomic mass is 16.6. The molecule has 0 saturated carbocycles. The van der Waals surface area contributed by atoms with Gasteiger partial charge in [-0.25, -0.2) is 0 Å². The molecule has 0 radical (unpaired) electrons. The monoisotopic (exact) mass is 159 g/mol. The van der Waals surface area contributed by atoms with Gasteiger partial charge in [-0.05, 0) is 19.8 Å². The van der Waals surface area contributed by atoms with Crippen LogP contribution in [0.3, 0.4) is 0 Å². The lowest BCUT2D eigenvalue weighted by Gasteiger charge is -1.94. The molecule has 4 heteroatoms. The molecule has 0 aromatic heterocycles. The fourth-order valence-electron chi connectivity index (χ4n) is 0.792. The Morgan fingerprint density at radius 2 is 2.00 bits per heavy atom. The maximum absolute atomic E-state index is 10.4. The van der Waals surface area contributed by atoms with Crippen molar-refractivity contribution in [1.29, 1.82) is 0 Å². The van der Waals surface area contributed by atoms with Gasteiger partial charge in [-0.15, -0.1) is 0 Å². The van der Waals surface area contributed by atoms with Gasteiger partial charge in [-0.1, -0.05) is 0 Å². The third kappa shape index (κ3) is 9.07. The third-order valence-corrected chi connectivity index (χ3v) is 1.37. The molecule has 0 amide bonds. The zero-order valence-electron chi connectivity index (χ0n) is 6.71. The standard InChI is InChI=1S/C7H13NO3/c1-7(9)5-3-2-4-6-8(10)11/h2-6H2,1H3. The summed E-state index contributed by atoms with van der Waals surface area (Å²) in [5.74, 6) is 0.158. The van der Waals surface area contributed by atoms with Gasteiger partial charge in [0.05, 0.1) is 0 Å². The average molecular weight is 159 g/mol. The smallest absolute Gasteiger partial charge is 0.203 e. The number of carbonyl (C=O) groups excluding carboxylic acids is 1. The van der Waals surface area contributed by atoms with Crippen LogP contribution in [0, 0.1) is 10.1 Å². The van der Waals surface area contributed by atoms with Crippen LogP contribution in [0.5, 0.6) is 0 Å². The van der Waals surface area contributed by atoms with Crippen LogP contribution in [0.1, 0.15) is 32.6 Å². The zero-order valence-corrected chi connectivity index (χ0v) is 6.71. The van der Waals surface area contributed by atoms with Gasteiger partial charge in [0.25, 0.3) is 0 Å². The van der Waals surface area contributed by atoms with Gasteiger partial charge >= 0.3 is 0 Å². The summed E-state index contributed by atoms with van der Waals surface area (Å²) in [4.78, 5) is 19.9. The van der Waals surface area contributed by atoms with E-state index in [-0.39, 0.29) is 17.3 Å². The first-order valence-electron chi connectivity index (χ1n) is 3.74. The van der Waals surface area contributed by atoms with Crippen molar-refractivity contribution >= 4 is 5.78 Å². The van der Waals surface area contributed by atoms with Crippen molar-refractivity contribution in [2.45, 2.75) is 32.6 Å². The van der Waals surface area contributed by atoms with Crippen molar-refractivity contribution in [2.75, 3.05) is 6.54 Å². The number of ketones is 1. The van der Waals surface area contributed by atoms with Crippen molar-refractivity contribution in [1.82, 2.24) is 0 Å². The fraction of sp³-hybridized carbons (Fsp3) is 0.857. The molecule has 0 N–H and O–H groups in total. The number of unbranched alkanes of at least 4 members (excludes halogenated alkanes) is 2. The number of nitrogens with zero attached hydrogens (tertiary/aromatic N) is 1. The Kier molecular flexibility index (Phi) is 5.33. The second kappa shape index (κ2) is 5.82. The van der Waals surface area contributed by atoms with Crippen LogP contribution < -0.4 is 0 Å². The Morgan fingerprint density at radius 1 is 1.36 bits per heavy atom. The van der Waals surface area contributed by atoms with E-state index in [0.29, 0.717) is 12.8 Å². The van der Waals surface area contributed by atoms with Crippen LogP contribution in [-0.4, -0.2) is 17.3 Å². The number of nitro groups is 1. The third-order valence-electron chi connectivity index (χ3n) is 1.37. The second-order valence-electron chi connectivity index (χ2n) is 2.57. The Morgan fingerprint density at radius 3 is 2.45 bits per heavy atom. The van der Waals surface area contributed by atoms with E-state index in [1.807, 2.05) is 0 Å². The Balaban J connectivity index is 3.03. The van der Waals surface area contributed by atoms with E-state index in [2.05, 4.69) is 0 Å². The van der Waals surface area contributed by atoms with Crippen molar-refractivity contribution in [3.8, 4) is 0 Å². The molecule has 0 spiro atoms. The van der Waals surface area contributed by atoms with Crippen LogP contribution in [0.15, 0.2) is 0 Å². The Bertz CT molecular complexity index is 129. The molecule has 0 heterocycles. The van der Waals surface area contributed by atoms with Gasteiger partial charge in [0.1, 0.15) is 5.78 Å². The van der Waals surface area contributed by atoms with Gasteiger partial charge in [0.15, 0.2) is 0 Å². The number of Topliss-reactive ketones (excluding diaryl/α,β-unsaturated/α-hetero) is 1. The van der Waals surface area contributed by atoms with Crippen molar-refractivity contribution in [3.63, 3.8) is 0 Å². The van der Waals surface area contributed by atoms with Gasteiger partial charge in [-0.3, -0.25) is 10.1 Å². The topological polar surface area (TPSA) is 60.2 Å². The number of rotatable bonds is 6. The molecule has 0 rings (SSSR count). The zero-order chi connectivity index (χ0) is 8.69. The number of carbonyl (C=O) groups is 1. The summed E-state index contributed by atoms with van der Waals surface area (Å²) in [6.07, 6.45) is 2.70. The van der Waals surface area contributed by atoms with Crippen LogP contribution in [0.25, 0.3) is 0 Å². The predicted molar refractivity (Wildman–Crippen MR) is 41.0 cm³/mol. The SMILES string of the molecule is CC(=O)CCCCC[N+](=O)[O-]. The van der Waals surface area contributed by atoms with Crippen LogP contribution >= 0.6 is 0 Å². The molecule has 0 atom stereocenters. The van der Waals surface area contributed by atoms with E-state index >= 15 is 0 Å². The molecule has 0 aromatic carbocycles. The van der Waals surface area contributed by atoms with Crippen LogP contribution in [0.4, 0.5) is 0 Å². The Labute approximate surface area is 65.7 Å². The molecule has 0 fully saturated rings. The molecular weight excluding hydrogens is 146 g/mol. The largest absolute Gasteiger partial charge is 0.300 e. The molecular formula is C7H13NO3. The van der Waals surface area contributed by atoms with Gasteiger partial charge in [0, 0.05) is 17.8 Å². The molecule has 0 saturated heterocycles. The maximum atomic E-state index is 10.4. The van der Waals surface area contributed by atoms with Crippen LogP contribution in [-0.2, 0) is 4.79 Å². The lowest BCUT2D eigenvalue weighted by Crippen LogP contribution is -2.00. The minimum absolute atomic E-state index is 0.0257. The van der Waals surface area contributed by atoms with Crippen molar-refractivity contribution in [3.05, 3.63) is 10.1 Å². The minimum Gasteiger partial charge on any atom is -0.300 e. The maximum Gasteiger partial charge on any atom is 0.203 e. The van der Waals surface area contributed by atoms with Gasteiger partial charge < -0.3 is 4.79 Å². The number of hydrogen-bond donors (Lipinski definition) is 0. The summed E-state index contributed by atoms with van der Waals surface area (Å²) >= 11 is 0. The predicted octanol–water partition coefficient (Wildman–Crippen LogP) is 1.41. The van der Waals surface area contributed by atoms with E-state index < -0.39 is 0 Å². The van der Waals surface area contributed by atoms with Crippen LogP contribution in [0.2, 0.25) is 0 Å². The molecule has 0 aromatic rings. The molecule has 11 heavy (non-hydrogen) atoms. The van der Waals surface area contributed by atoms with Crippen molar-refractivity contribution < 1.29 is 9.72 Å². The van der Waals surface area contributed by atoms with E-state index in [4.69, 9.17) is 0 Å². The molecule has 64 valence electrons. The average Bonchev–Trinajstić information content (AvgIpc) is 1.85. The van der Waals surface area contributed by atoms with E-state index in [1.54, 1.807) is 0 Å². The quantitative estimate of drug-likeness (QED) is 0.334. The first kappa shape index (κ1) is 10.1. The summed E-state index contributed by atoms with van der Waals surface area (Å²) in [6.45, 7) is 1.56. The molecule has 0 unspecified atom stereocenters. The molecule has 4 nitrogen and oxygen atoms in total. The first-order chi connectivity index (χ1) is 5.13. The minimum atomic E-state index is -0.326. The van der Waals surface area contributed by atoms with E-state index in [0.717, 1.165) is 12.8 Å². The molecule has 0 aliphatic carbocycles. The number of hydrogen-bond acceptors (Lipinski definition) is 3. The summed E-state index contributed by atoms with van der Waals surface area (Å²) in [6, 6.07) is 0. The summed E-state index contributed by atoms with van der Waals surface area (Å²) < 4.78 is 0. The lowest BCUT2D eigenvalue weighted by atomic mass is 10.1. The molecule has 0 aliphatic heterocycles. The fourth-order valence-corrected chi connectivity index (χ4v) is 0.792. The van der Waals surface area contributed by atoms with Gasteiger partial charge in [-0.2, -0.15) is 0 Å². The highest BCUT2D eigenvalue weighted by molar-refractivity contribution is 5.75. The molecule has 0 aliphatic rings. The first-order valence-corrected chi connectivity index (χ1v) is 3.74. The van der Waals surface area contributed by atoms with Gasteiger partial charge in [0.2, 0.25) is 6.54 Å². The van der Waals surface area contributed by atoms with E-state index in [9.17, 15) is 14.9 Å². The second-order valence-corrected chi connectivity index (χ2v) is 2.57. The summed E-state index contributed by atoms with van der Waals surface area (Å²) in [7, 11) is 0.